The third-order valence-electron chi connectivity index (χ3n) is 3.20. The predicted molar refractivity (Wildman–Crippen MR) is 83.0 cm³/mol. The fourth-order valence-electron chi connectivity index (χ4n) is 2.38. The largest absolute Gasteiger partial charge is 0.503 e. The molecule has 1 N–H and O–H groups in total. The molecule has 0 aromatic heterocycles. The van der Waals surface area contributed by atoms with Gasteiger partial charge in [-0.3, -0.25) is 0 Å². The van der Waals surface area contributed by atoms with E-state index in [1.807, 2.05) is 13.8 Å². The van der Waals surface area contributed by atoms with E-state index in [1.54, 1.807) is 12.1 Å². The first-order valence-electron chi connectivity index (χ1n) is 6.43. The molecule has 6 heteroatoms. The SMILES string of the molecule is COc1cc(C(=S)N2C[C@@H](C)O[C@@H](C)C2)cc(Cl)c1O. The monoisotopic (exact) mass is 315 g/mol. The van der Waals surface area contributed by atoms with E-state index >= 15 is 0 Å². The second-order valence-corrected chi connectivity index (χ2v) is 5.77. The molecule has 1 aromatic rings. The molecule has 0 amide bonds. The average molecular weight is 316 g/mol. The highest BCUT2D eigenvalue weighted by molar-refractivity contribution is 7.80. The number of phenolic OH excluding ortho intramolecular Hbond substituents is 1. The fraction of sp³-hybridized carbons (Fsp3) is 0.500. The topological polar surface area (TPSA) is 41.9 Å². The van der Waals surface area contributed by atoms with Gasteiger partial charge >= 0.3 is 0 Å². The number of methoxy groups -OCH3 is 1. The van der Waals surface area contributed by atoms with Crippen molar-refractivity contribution in [2.75, 3.05) is 20.2 Å². The molecule has 2 rings (SSSR count). The third kappa shape index (κ3) is 3.16. The Bertz CT molecular complexity index is 513. The fourth-order valence-corrected chi connectivity index (χ4v) is 2.86. The van der Waals surface area contributed by atoms with Crippen molar-refractivity contribution in [1.29, 1.82) is 0 Å². The van der Waals surface area contributed by atoms with E-state index in [0.717, 1.165) is 18.7 Å². The first kappa shape index (κ1) is 15.4. The number of ether oxygens (including phenoxy) is 2. The minimum absolute atomic E-state index is 0.0653. The number of aromatic hydroxyl groups is 1. The van der Waals surface area contributed by atoms with Crippen LogP contribution >= 0.6 is 23.8 Å². The van der Waals surface area contributed by atoms with E-state index in [1.165, 1.54) is 7.11 Å². The maximum atomic E-state index is 9.76. The highest BCUT2D eigenvalue weighted by Crippen LogP contribution is 2.35. The summed E-state index contributed by atoms with van der Waals surface area (Å²) in [5.41, 5.74) is 0.765. The number of benzene rings is 1. The van der Waals surface area contributed by atoms with Crippen LogP contribution < -0.4 is 4.74 Å². The van der Waals surface area contributed by atoms with Crippen LogP contribution in [0, 0.1) is 0 Å². The molecular weight excluding hydrogens is 298 g/mol. The summed E-state index contributed by atoms with van der Waals surface area (Å²) < 4.78 is 10.8. The molecule has 0 bridgehead atoms. The second kappa shape index (κ2) is 6.16. The number of morpholine rings is 1. The molecule has 0 saturated carbocycles. The Labute approximate surface area is 129 Å². The van der Waals surface area contributed by atoms with Crippen molar-refractivity contribution in [3.8, 4) is 11.5 Å². The summed E-state index contributed by atoms with van der Waals surface area (Å²) in [5, 5.41) is 10.00. The van der Waals surface area contributed by atoms with Gasteiger partial charge in [0.15, 0.2) is 11.5 Å². The molecule has 1 aliphatic rings. The van der Waals surface area contributed by atoms with Gasteiger partial charge in [-0.1, -0.05) is 23.8 Å². The number of hydrogen-bond acceptors (Lipinski definition) is 4. The summed E-state index contributed by atoms with van der Waals surface area (Å²) in [4.78, 5) is 2.78. The lowest BCUT2D eigenvalue weighted by molar-refractivity contribution is -0.0472. The molecule has 0 radical (unpaired) electrons. The third-order valence-corrected chi connectivity index (χ3v) is 3.98. The summed E-state index contributed by atoms with van der Waals surface area (Å²) in [6.07, 6.45) is 0.261. The van der Waals surface area contributed by atoms with E-state index in [0.29, 0.717) is 10.7 Å². The molecular formula is C14H18ClNO3S. The van der Waals surface area contributed by atoms with Crippen LogP contribution in [-0.2, 0) is 4.74 Å². The summed E-state index contributed by atoms with van der Waals surface area (Å²) in [6, 6.07) is 3.36. The van der Waals surface area contributed by atoms with Crippen molar-refractivity contribution >= 4 is 28.8 Å². The van der Waals surface area contributed by atoms with Crippen LogP contribution in [0.1, 0.15) is 19.4 Å². The molecule has 0 spiro atoms. The maximum Gasteiger partial charge on any atom is 0.176 e. The van der Waals surface area contributed by atoms with E-state index in [4.69, 9.17) is 33.3 Å². The average Bonchev–Trinajstić information content (AvgIpc) is 2.39. The molecule has 1 saturated heterocycles. The normalized spacial score (nSPS) is 22.7. The van der Waals surface area contributed by atoms with Crippen LogP contribution in [0.2, 0.25) is 5.02 Å². The zero-order valence-electron chi connectivity index (χ0n) is 11.7. The lowest BCUT2D eigenvalue weighted by Crippen LogP contribution is -2.47. The van der Waals surface area contributed by atoms with Crippen LogP contribution in [-0.4, -0.2) is 47.4 Å². The van der Waals surface area contributed by atoms with Gasteiger partial charge in [0, 0.05) is 18.7 Å². The Kier molecular flexibility index (Phi) is 4.73. The van der Waals surface area contributed by atoms with Gasteiger partial charge < -0.3 is 19.5 Å². The van der Waals surface area contributed by atoms with Crippen molar-refractivity contribution in [2.45, 2.75) is 26.1 Å². The van der Waals surface area contributed by atoms with E-state index in [-0.39, 0.29) is 23.0 Å². The Morgan fingerprint density at radius 3 is 2.55 bits per heavy atom. The summed E-state index contributed by atoms with van der Waals surface area (Å²) in [6.45, 7) is 5.53. The van der Waals surface area contributed by atoms with Gasteiger partial charge in [0.25, 0.3) is 0 Å². The van der Waals surface area contributed by atoms with E-state index in [9.17, 15) is 5.11 Å². The zero-order valence-corrected chi connectivity index (χ0v) is 13.3. The number of thiocarbonyl (C=S) groups is 1. The minimum atomic E-state index is -0.0653. The predicted octanol–water partition coefficient (Wildman–Crippen LogP) is 2.84. The first-order chi connectivity index (χ1) is 9.42. The van der Waals surface area contributed by atoms with E-state index in [2.05, 4.69) is 4.90 Å². The molecule has 0 aliphatic carbocycles. The van der Waals surface area contributed by atoms with Crippen molar-refractivity contribution < 1.29 is 14.6 Å². The molecule has 1 heterocycles. The Morgan fingerprint density at radius 2 is 2.00 bits per heavy atom. The molecule has 20 heavy (non-hydrogen) atoms. The lowest BCUT2D eigenvalue weighted by Gasteiger charge is -2.37. The zero-order chi connectivity index (χ0) is 14.9. The van der Waals surface area contributed by atoms with Gasteiger partial charge in [-0.2, -0.15) is 0 Å². The van der Waals surface area contributed by atoms with Crippen LogP contribution in [0.25, 0.3) is 0 Å². The quantitative estimate of drug-likeness (QED) is 0.850. The standard InChI is InChI=1S/C14H18ClNO3S/c1-8-6-16(7-9(2)19-8)14(20)10-4-11(15)13(17)12(5-10)18-3/h4-5,8-9,17H,6-7H2,1-3H3/t8-,9+. The lowest BCUT2D eigenvalue weighted by atomic mass is 10.1. The van der Waals surface area contributed by atoms with Crippen molar-refractivity contribution in [3.05, 3.63) is 22.7 Å². The summed E-state index contributed by atoms with van der Waals surface area (Å²) >= 11 is 11.5. The Hall–Kier alpha value is -1.04. The van der Waals surface area contributed by atoms with Crippen LogP contribution in [0.4, 0.5) is 0 Å². The van der Waals surface area contributed by atoms with Crippen LogP contribution in [0.3, 0.4) is 0 Å². The summed E-state index contributed by atoms with van der Waals surface area (Å²) in [7, 11) is 1.48. The molecule has 4 nitrogen and oxygen atoms in total. The highest BCUT2D eigenvalue weighted by Gasteiger charge is 2.25. The smallest absolute Gasteiger partial charge is 0.176 e. The van der Waals surface area contributed by atoms with Gasteiger partial charge in [-0.05, 0) is 26.0 Å². The first-order valence-corrected chi connectivity index (χ1v) is 7.22. The molecule has 1 aliphatic heterocycles. The van der Waals surface area contributed by atoms with Crippen LogP contribution in [0.15, 0.2) is 12.1 Å². The summed E-state index contributed by atoms with van der Waals surface area (Å²) in [5.74, 6) is 0.258. The van der Waals surface area contributed by atoms with E-state index < -0.39 is 0 Å². The van der Waals surface area contributed by atoms with Crippen molar-refractivity contribution in [2.24, 2.45) is 0 Å². The molecule has 0 unspecified atom stereocenters. The second-order valence-electron chi connectivity index (χ2n) is 4.98. The Morgan fingerprint density at radius 1 is 1.40 bits per heavy atom. The highest BCUT2D eigenvalue weighted by atomic mass is 35.5. The van der Waals surface area contributed by atoms with Gasteiger partial charge in [0.2, 0.25) is 0 Å². The van der Waals surface area contributed by atoms with Crippen molar-refractivity contribution in [1.82, 2.24) is 4.90 Å². The number of phenols is 1. The van der Waals surface area contributed by atoms with Gasteiger partial charge in [-0.15, -0.1) is 0 Å². The number of nitrogens with zero attached hydrogens (tertiary/aromatic N) is 1. The molecule has 1 aromatic carbocycles. The van der Waals surface area contributed by atoms with Gasteiger partial charge in [0.05, 0.1) is 24.3 Å². The Balaban J connectivity index is 2.27. The number of halogens is 1. The maximum absolute atomic E-state index is 9.76. The number of hydrogen-bond donors (Lipinski definition) is 1. The van der Waals surface area contributed by atoms with Crippen LogP contribution in [0.5, 0.6) is 11.5 Å². The number of rotatable bonds is 2. The molecule has 110 valence electrons. The van der Waals surface area contributed by atoms with Crippen molar-refractivity contribution in [3.63, 3.8) is 0 Å². The van der Waals surface area contributed by atoms with Gasteiger partial charge in [0.1, 0.15) is 4.99 Å². The molecule has 2 atom stereocenters. The molecule has 1 fully saturated rings. The van der Waals surface area contributed by atoms with Gasteiger partial charge in [-0.25, -0.2) is 0 Å². The minimum Gasteiger partial charge on any atom is -0.503 e.